The third-order valence-corrected chi connectivity index (χ3v) is 4.91. The lowest BCUT2D eigenvalue weighted by molar-refractivity contribution is 0.104. The minimum Gasteiger partial charge on any atom is -0.290 e. The molecule has 0 saturated carbocycles. The van der Waals surface area contributed by atoms with Crippen LogP contribution in [0.5, 0.6) is 0 Å². The van der Waals surface area contributed by atoms with Crippen molar-refractivity contribution >= 4 is 63.7 Å². The molecule has 2 aromatic carbocycles. The smallest absolute Gasteiger partial charge is 0.195 e. The molecule has 0 atom stereocenters. The van der Waals surface area contributed by atoms with Crippen molar-refractivity contribution in [1.29, 1.82) is 0 Å². The van der Waals surface area contributed by atoms with Crippen molar-refractivity contribution in [3.63, 3.8) is 0 Å². The highest BCUT2D eigenvalue weighted by atomic mass is 35.5. The molecule has 0 unspecified atom stereocenters. The Hall–Kier alpha value is -1.30. The minimum absolute atomic E-state index is 0.0707. The van der Waals surface area contributed by atoms with E-state index in [0.29, 0.717) is 21.7 Å². The molecule has 8 heteroatoms. The molecule has 4 nitrogen and oxygen atoms in total. The second-order valence-electron chi connectivity index (χ2n) is 4.87. The summed E-state index contributed by atoms with van der Waals surface area (Å²) in [5.41, 5.74) is 3.71. The Bertz CT molecular complexity index is 894. The molecule has 1 aliphatic rings. The van der Waals surface area contributed by atoms with Gasteiger partial charge in [0.1, 0.15) is 11.5 Å². The molecule has 0 heterocycles. The minimum atomic E-state index is -0.299. The molecule has 0 aliphatic heterocycles. The number of aliphatic imine (C=N–C) groups is 1. The standard InChI is InChI=1S/C15H8Cl4N2O2/c1-5(21-23)20-14-12(18)10-9(11(17)13(14)19)7-3-2-6(16)4-8(7)15(10)22/h2-4,23H,1H3,(H,20,21). The van der Waals surface area contributed by atoms with Crippen LogP contribution >= 0.6 is 46.4 Å². The molecule has 2 aromatic rings. The van der Waals surface area contributed by atoms with E-state index in [-0.39, 0.29) is 37.9 Å². The van der Waals surface area contributed by atoms with E-state index in [0.717, 1.165) is 0 Å². The van der Waals surface area contributed by atoms with Crippen LogP contribution in [0.4, 0.5) is 5.69 Å². The van der Waals surface area contributed by atoms with Crippen molar-refractivity contribution in [2.75, 3.05) is 0 Å². The summed E-state index contributed by atoms with van der Waals surface area (Å²) < 4.78 is 0. The number of halogens is 4. The third-order valence-electron chi connectivity index (χ3n) is 3.46. The van der Waals surface area contributed by atoms with Crippen LogP contribution in [0.15, 0.2) is 23.2 Å². The molecule has 3 rings (SSSR count). The van der Waals surface area contributed by atoms with Gasteiger partial charge in [0.25, 0.3) is 0 Å². The van der Waals surface area contributed by atoms with Gasteiger partial charge in [0, 0.05) is 16.1 Å². The second kappa shape index (κ2) is 5.96. The Morgan fingerprint density at radius 2 is 1.74 bits per heavy atom. The Labute approximate surface area is 151 Å². The SMILES string of the molecule is CC(=Nc1c(Cl)c(Cl)c2c(c1Cl)C(=O)c1cc(Cl)ccc1-2)NO. The summed E-state index contributed by atoms with van der Waals surface area (Å²) in [5, 5.41) is 9.66. The first-order chi connectivity index (χ1) is 10.9. The Balaban J connectivity index is 2.37. The predicted molar refractivity (Wildman–Crippen MR) is 93.0 cm³/mol. The molecule has 118 valence electrons. The summed E-state index contributed by atoms with van der Waals surface area (Å²) in [6, 6.07) is 4.92. The van der Waals surface area contributed by atoms with Gasteiger partial charge in [-0.1, -0.05) is 52.5 Å². The lowest BCUT2D eigenvalue weighted by atomic mass is 10.0. The Kier molecular flexibility index (Phi) is 4.29. The number of hydroxylamine groups is 1. The highest BCUT2D eigenvalue weighted by Crippen LogP contribution is 2.52. The summed E-state index contributed by atoms with van der Waals surface area (Å²) in [6.45, 7) is 1.50. The zero-order chi connectivity index (χ0) is 16.9. The van der Waals surface area contributed by atoms with Crippen LogP contribution in [0, 0.1) is 0 Å². The van der Waals surface area contributed by atoms with Crippen molar-refractivity contribution in [2.24, 2.45) is 4.99 Å². The van der Waals surface area contributed by atoms with Gasteiger partial charge in [0.15, 0.2) is 5.78 Å². The van der Waals surface area contributed by atoms with Crippen LogP contribution in [-0.2, 0) is 0 Å². The maximum atomic E-state index is 12.7. The van der Waals surface area contributed by atoms with E-state index in [1.165, 1.54) is 6.92 Å². The lowest BCUT2D eigenvalue weighted by Gasteiger charge is -2.11. The predicted octanol–water partition coefficient (Wildman–Crippen LogP) is 5.54. The zero-order valence-electron chi connectivity index (χ0n) is 11.5. The number of fused-ring (bicyclic) bond motifs is 3. The highest BCUT2D eigenvalue weighted by Gasteiger charge is 2.34. The van der Waals surface area contributed by atoms with E-state index in [1.54, 1.807) is 18.2 Å². The number of benzene rings is 2. The van der Waals surface area contributed by atoms with Gasteiger partial charge in [-0.2, -0.15) is 0 Å². The van der Waals surface area contributed by atoms with E-state index in [2.05, 4.69) is 4.99 Å². The monoisotopic (exact) mass is 388 g/mol. The van der Waals surface area contributed by atoms with Crippen LogP contribution in [0.25, 0.3) is 11.1 Å². The first-order valence-corrected chi connectivity index (χ1v) is 7.88. The average Bonchev–Trinajstić information content (AvgIpc) is 2.82. The van der Waals surface area contributed by atoms with Gasteiger partial charge in [-0.3, -0.25) is 15.5 Å². The average molecular weight is 390 g/mol. The van der Waals surface area contributed by atoms with Gasteiger partial charge < -0.3 is 0 Å². The van der Waals surface area contributed by atoms with Crippen LogP contribution in [-0.4, -0.2) is 16.8 Å². The second-order valence-corrected chi connectivity index (χ2v) is 6.44. The summed E-state index contributed by atoms with van der Waals surface area (Å²) in [4.78, 5) is 16.7. The van der Waals surface area contributed by atoms with Gasteiger partial charge in [0.2, 0.25) is 0 Å². The lowest BCUT2D eigenvalue weighted by Crippen LogP contribution is -2.14. The summed E-state index contributed by atoms with van der Waals surface area (Å²) in [6.07, 6.45) is 0. The number of amidine groups is 1. The number of carbonyl (C=O) groups is 1. The van der Waals surface area contributed by atoms with Gasteiger partial charge in [-0.25, -0.2) is 4.99 Å². The first kappa shape index (κ1) is 16.6. The highest BCUT2D eigenvalue weighted by molar-refractivity contribution is 6.51. The van der Waals surface area contributed by atoms with E-state index in [4.69, 9.17) is 51.6 Å². The number of rotatable bonds is 1. The summed E-state index contributed by atoms with van der Waals surface area (Å²) in [5.74, 6) is -0.150. The van der Waals surface area contributed by atoms with Crippen LogP contribution in [0.3, 0.4) is 0 Å². The molecular weight excluding hydrogens is 382 g/mol. The maximum absolute atomic E-state index is 12.7. The first-order valence-electron chi connectivity index (χ1n) is 6.37. The summed E-state index contributed by atoms with van der Waals surface area (Å²) in [7, 11) is 0. The third kappa shape index (κ3) is 2.51. The quantitative estimate of drug-likeness (QED) is 0.248. The summed E-state index contributed by atoms with van der Waals surface area (Å²) >= 11 is 24.9. The molecule has 0 spiro atoms. The van der Waals surface area contributed by atoms with Crippen LogP contribution < -0.4 is 5.48 Å². The van der Waals surface area contributed by atoms with E-state index >= 15 is 0 Å². The fourth-order valence-electron chi connectivity index (χ4n) is 2.46. The van der Waals surface area contributed by atoms with Gasteiger partial charge in [-0.15, -0.1) is 0 Å². The Morgan fingerprint density at radius 1 is 1.04 bits per heavy atom. The van der Waals surface area contributed by atoms with Crippen molar-refractivity contribution in [3.05, 3.63) is 49.4 Å². The maximum Gasteiger partial charge on any atom is 0.195 e. The molecule has 0 saturated heterocycles. The number of nitrogens with zero attached hydrogens (tertiary/aromatic N) is 1. The molecule has 23 heavy (non-hydrogen) atoms. The van der Waals surface area contributed by atoms with Gasteiger partial charge in [0.05, 0.1) is 20.6 Å². The number of hydrogen-bond donors (Lipinski definition) is 2. The number of hydrogen-bond acceptors (Lipinski definition) is 3. The fourth-order valence-corrected chi connectivity index (χ4v) is 3.52. The molecular formula is C15H8Cl4N2O2. The Morgan fingerprint density at radius 3 is 2.39 bits per heavy atom. The van der Waals surface area contributed by atoms with Gasteiger partial charge >= 0.3 is 0 Å². The molecule has 0 aromatic heterocycles. The van der Waals surface area contributed by atoms with E-state index in [9.17, 15) is 4.79 Å². The molecule has 0 amide bonds. The zero-order valence-corrected chi connectivity index (χ0v) is 14.6. The van der Waals surface area contributed by atoms with Crippen molar-refractivity contribution in [1.82, 2.24) is 5.48 Å². The van der Waals surface area contributed by atoms with Crippen LogP contribution in [0.1, 0.15) is 22.8 Å². The molecule has 0 radical (unpaired) electrons. The van der Waals surface area contributed by atoms with Gasteiger partial charge in [-0.05, 0) is 24.6 Å². The van der Waals surface area contributed by atoms with E-state index < -0.39 is 0 Å². The van der Waals surface area contributed by atoms with Crippen molar-refractivity contribution in [3.8, 4) is 11.1 Å². The number of ketones is 1. The fraction of sp³-hybridized carbons (Fsp3) is 0.0667. The number of carbonyl (C=O) groups excluding carboxylic acids is 1. The van der Waals surface area contributed by atoms with Crippen LogP contribution in [0.2, 0.25) is 20.1 Å². The number of nitrogens with one attached hydrogen (secondary N) is 1. The molecule has 2 N–H and O–H groups in total. The largest absolute Gasteiger partial charge is 0.290 e. The van der Waals surface area contributed by atoms with E-state index in [1.807, 2.05) is 5.48 Å². The molecule has 0 fully saturated rings. The molecule has 1 aliphatic carbocycles. The van der Waals surface area contributed by atoms with Crippen molar-refractivity contribution < 1.29 is 10.0 Å². The van der Waals surface area contributed by atoms with Crippen molar-refractivity contribution in [2.45, 2.75) is 6.92 Å². The topological polar surface area (TPSA) is 61.7 Å². The molecule has 0 bridgehead atoms. The normalized spacial score (nSPS) is 13.1.